The van der Waals surface area contributed by atoms with E-state index >= 15 is 0 Å². The Morgan fingerprint density at radius 2 is 1.70 bits per heavy atom. The lowest BCUT2D eigenvalue weighted by Gasteiger charge is -2.28. The van der Waals surface area contributed by atoms with Gasteiger partial charge >= 0.3 is 0 Å². The van der Waals surface area contributed by atoms with E-state index in [0.29, 0.717) is 19.6 Å². The fraction of sp³-hybridized carbons (Fsp3) is 0.250. The second-order valence-corrected chi connectivity index (χ2v) is 8.41. The standard InChI is InChI=1S/C20H22N4O2S/c25-27(26,24-13-10-17-6-1-3-9-20(17)16-24)22-14-18-7-2-4-8-19(18)15-23-12-5-11-21-23/h1-9,11-12,22H,10,13-16H2. The molecule has 6 nitrogen and oxygen atoms in total. The Labute approximate surface area is 159 Å². The summed E-state index contributed by atoms with van der Waals surface area (Å²) in [5, 5.41) is 4.23. The van der Waals surface area contributed by atoms with Crippen LogP contribution in [0, 0.1) is 0 Å². The summed E-state index contributed by atoms with van der Waals surface area (Å²) < 4.78 is 31.7. The van der Waals surface area contributed by atoms with Crippen molar-refractivity contribution in [1.82, 2.24) is 18.8 Å². The predicted molar refractivity (Wildman–Crippen MR) is 104 cm³/mol. The molecule has 1 aliphatic heterocycles. The van der Waals surface area contributed by atoms with Gasteiger partial charge < -0.3 is 0 Å². The molecule has 4 rings (SSSR count). The van der Waals surface area contributed by atoms with Crippen LogP contribution >= 0.6 is 0 Å². The van der Waals surface area contributed by atoms with E-state index in [-0.39, 0.29) is 6.54 Å². The zero-order valence-corrected chi connectivity index (χ0v) is 15.8. The number of fused-ring (bicyclic) bond motifs is 1. The van der Waals surface area contributed by atoms with Gasteiger partial charge in [0.1, 0.15) is 0 Å². The van der Waals surface area contributed by atoms with E-state index in [4.69, 9.17) is 0 Å². The first kappa shape index (κ1) is 17.9. The second-order valence-electron chi connectivity index (χ2n) is 6.65. The largest absolute Gasteiger partial charge is 0.280 e. The van der Waals surface area contributed by atoms with Crippen molar-refractivity contribution in [3.63, 3.8) is 0 Å². The Bertz CT molecular complexity index is 1020. The van der Waals surface area contributed by atoms with Crippen LogP contribution in [0.3, 0.4) is 0 Å². The SMILES string of the molecule is O=S(=O)(NCc1ccccc1Cn1cccn1)N1CCc2ccccc2C1. The maximum Gasteiger partial charge on any atom is 0.280 e. The van der Waals surface area contributed by atoms with Crippen molar-refractivity contribution in [1.29, 1.82) is 0 Å². The van der Waals surface area contributed by atoms with Gasteiger partial charge in [-0.1, -0.05) is 48.5 Å². The Balaban J connectivity index is 1.46. The molecule has 0 atom stereocenters. The maximum absolute atomic E-state index is 12.8. The Morgan fingerprint density at radius 1 is 0.963 bits per heavy atom. The van der Waals surface area contributed by atoms with Crippen molar-refractivity contribution in [2.45, 2.75) is 26.1 Å². The van der Waals surface area contributed by atoms with Gasteiger partial charge in [0, 0.05) is 32.0 Å². The zero-order chi connectivity index (χ0) is 18.7. The van der Waals surface area contributed by atoms with E-state index in [0.717, 1.165) is 23.1 Å². The highest BCUT2D eigenvalue weighted by molar-refractivity contribution is 7.87. The van der Waals surface area contributed by atoms with Crippen LogP contribution in [0.5, 0.6) is 0 Å². The number of rotatable bonds is 6. The lowest BCUT2D eigenvalue weighted by Crippen LogP contribution is -2.43. The minimum Gasteiger partial charge on any atom is -0.268 e. The van der Waals surface area contributed by atoms with Crippen LogP contribution in [0.1, 0.15) is 22.3 Å². The third kappa shape index (κ3) is 4.10. The smallest absolute Gasteiger partial charge is 0.268 e. The fourth-order valence-electron chi connectivity index (χ4n) is 3.39. The minimum absolute atomic E-state index is 0.262. The van der Waals surface area contributed by atoms with Crippen LogP contribution in [0.15, 0.2) is 67.0 Å². The van der Waals surface area contributed by atoms with Gasteiger partial charge in [0.2, 0.25) is 0 Å². The molecule has 0 radical (unpaired) electrons. The van der Waals surface area contributed by atoms with Crippen molar-refractivity contribution in [3.05, 3.63) is 89.2 Å². The Kier molecular flexibility index (Phi) is 5.07. The molecule has 0 spiro atoms. The summed E-state index contributed by atoms with van der Waals surface area (Å²) in [6.07, 6.45) is 4.37. The summed E-state index contributed by atoms with van der Waals surface area (Å²) in [6.45, 7) is 1.79. The molecular weight excluding hydrogens is 360 g/mol. The van der Waals surface area contributed by atoms with E-state index in [9.17, 15) is 8.42 Å². The van der Waals surface area contributed by atoms with Gasteiger partial charge in [-0.2, -0.15) is 22.5 Å². The number of hydrogen-bond donors (Lipinski definition) is 1. The van der Waals surface area contributed by atoms with E-state index in [1.807, 2.05) is 59.4 Å². The average Bonchev–Trinajstić information content (AvgIpc) is 3.20. The van der Waals surface area contributed by atoms with Gasteiger partial charge in [-0.25, -0.2) is 0 Å². The summed E-state index contributed by atoms with van der Waals surface area (Å²) in [6, 6.07) is 17.7. The first-order chi connectivity index (χ1) is 13.1. The van der Waals surface area contributed by atoms with Crippen molar-refractivity contribution < 1.29 is 8.42 Å². The number of nitrogens with zero attached hydrogens (tertiary/aromatic N) is 3. The number of aromatic nitrogens is 2. The Hall–Kier alpha value is -2.48. The number of benzene rings is 2. The summed E-state index contributed by atoms with van der Waals surface area (Å²) in [5.41, 5.74) is 4.31. The highest BCUT2D eigenvalue weighted by Gasteiger charge is 2.26. The van der Waals surface area contributed by atoms with Crippen LogP contribution in [-0.4, -0.2) is 29.0 Å². The summed E-state index contributed by atoms with van der Waals surface area (Å²) in [4.78, 5) is 0. The molecule has 0 fully saturated rings. The number of hydrogen-bond acceptors (Lipinski definition) is 3. The van der Waals surface area contributed by atoms with Crippen LogP contribution in [-0.2, 0) is 36.3 Å². The zero-order valence-electron chi connectivity index (χ0n) is 15.0. The Morgan fingerprint density at radius 3 is 2.48 bits per heavy atom. The third-order valence-electron chi connectivity index (χ3n) is 4.89. The average molecular weight is 382 g/mol. The molecule has 140 valence electrons. The highest BCUT2D eigenvalue weighted by Crippen LogP contribution is 2.20. The van der Waals surface area contributed by atoms with Gasteiger partial charge in [-0.15, -0.1) is 0 Å². The normalized spacial score (nSPS) is 14.8. The highest BCUT2D eigenvalue weighted by atomic mass is 32.2. The van der Waals surface area contributed by atoms with Gasteiger partial charge in [-0.05, 0) is 34.7 Å². The minimum atomic E-state index is -3.54. The van der Waals surface area contributed by atoms with Gasteiger partial charge in [0.25, 0.3) is 10.2 Å². The third-order valence-corrected chi connectivity index (χ3v) is 6.39. The molecule has 1 aliphatic rings. The first-order valence-electron chi connectivity index (χ1n) is 8.97. The van der Waals surface area contributed by atoms with E-state index in [2.05, 4.69) is 15.9 Å². The van der Waals surface area contributed by atoms with Crippen LogP contribution in [0.2, 0.25) is 0 Å². The molecule has 3 aromatic rings. The molecule has 2 heterocycles. The van der Waals surface area contributed by atoms with Gasteiger partial charge in [-0.3, -0.25) is 4.68 Å². The van der Waals surface area contributed by atoms with Gasteiger partial charge in [0.05, 0.1) is 6.54 Å². The maximum atomic E-state index is 12.8. The first-order valence-corrected chi connectivity index (χ1v) is 10.4. The van der Waals surface area contributed by atoms with E-state index in [1.54, 1.807) is 6.20 Å². The lowest BCUT2D eigenvalue weighted by atomic mass is 10.0. The molecule has 0 saturated carbocycles. The van der Waals surface area contributed by atoms with Crippen LogP contribution in [0.4, 0.5) is 0 Å². The second kappa shape index (κ2) is 7.64. The molecule has 0 saturated heterocycles. The summed E-state index contributed by atoms with van der Waals surface area (Å²) in [5.74, 6) is 0. The summed E-state index contributed by atoms with van der Waals surface area (Å²) >= 11 is 0. The number of nitrogens with one attached hydrogen (secondary N) is 1. The molecule has 0 aliphatic carbocycles. The van der Waals surface area contributed by atoms with Crippen LogP contribution in [0.25, 0.3) is 0 Å². The van der Waals surface area contributed by atoms with Crippen molar-refractivity contribution in [2.24, 2.45) is 0 Å². The lowest BCUT2D eigenvalue weighted by molar-refractivity contribution is 0.383. The molecule has 0 bridgehead atoms. The summed E-state index contributed by atoms with van der Waals surface area (Å²) in [7, 11) is -3.54. The molecule has 7 heteroatoms. The molecule has 1 N–H and O–H groups in total. The molecule has 1 aromatic heterocycles. The van der Waals surface area contributed by atoms with Crippen molar-refractivity contribution in [3.8, 4) is 0 Å². The topological polar surface area (TPSA) is 67.2 Å². The van der Waals surface area contributed by atoms with Gasteiger partial charge in [0.15, 0.2) is 0 Å². The van der Waals surface area contributed by atoms with E-state index < -0.39 is 10.2 Å². The molecule has 2 aromatic carbocycles. The molecule has 0 unspecified atom stereocenters. The monoisotopic (exact) mass is 382 g/mol. The quantitative estimate of drug-likeness (QED) is 0.711. The van der Waals surface area contributed by atoms with Crippen molar-refractivity contribution >= 4 is 10.2 Å². The molecule has 27 heavy (non-hydrogen) atoms. The predicted octanol–water partition coefficient (Wildman–Crippen LogP) is 2.32. The van der Waals surface area contributed by atoms with Crippen molar-refractivity contribution in [2.75, 3.05) is 6.54 Å². The van der Waals surface area contributed by atoms with E-state index in [1.165, 1.54) is 9.87 Å². The fourth-order valence-corrected chi connectivity index (χ4v) is 4.55. The molecular formula is C20H22N4O2S. The van der Waals surface area contributed by atoms with Crippen LogP contribution < -0.4 is 4.72 Å². The molecule has 0 amide bonds.